The number of aliphatic hydroxyl groups excluding tert-OH is 3. The minimum absolute atomic E-state index is 0.0846. The highest BCUT2D eigenvalue weighted by Gasteiger charge is 2.23. The van der Waals surface area contributed by atoms with Crippen LogP contribution in [0.3, 0.4) is 0 Å². The molecule has 0 aliphatic rings. The van der Waals surface area contributed by atoms with Crippen LogP contribution in [0.15, 0.2) is 60.8 Å². The third-order valence-corrected chi connectivity index (χ3v) is 7.92. The lowest BCUT2D eigenvalue weighted by Gasteiger charge is -2.19. The lowest BCUT2D eigenvalue weighted by atomic mass is 10.00. The molecule has 0 aliphatic carbocycles. The van der Waals surface area contributed by atoms with E-state index in [1.807, 2.05) is 19.1 Å². The number of allylic oxidation sites excluding steroid dienone is 7. The Hall–Kier alpha value is -2.37. The number of phosphoric acid groups is 1. The van der Waals surface area contributed by atoms with Crippen molar-refractivity contribution in [2.24, 2.45) is 5.92 Å². The Balaban J connectivity index is 4.45. The molecule has 0 amide bonds. The summed E-state index contributed by atoms with van der Waals surface area (Å²) in [6.45, 7) is 5.41. The SMILES string of the molecule is CC/C=C\C[C@H](O)/C=C/C=C/C=C\C=C/[C@@H](O)[C@H](O)CCCC(=O)O[C@H](COC(=O)CCCCCCCCC(C)CC)COP(=O)(O)O. The van der Waals surface area contributed by atoms with Crippen LogP contribution in [-0.4, -0.2) is 74.7 Å². The Morgan fingerprint density at radius 1 is 0.729 bits per heavy atom. The number of hydrogen-bond acceptors (Lipinski definition) is 9. The predicted molar refractivity (Wildman–Crippen MR) is 188 cm³/mol. The molecule has 11 nitrogen and oxygen atoms in total. The van der Waals surface area contributed by atoms with E-state index in [0.717, 1.165) is 31.6 Å². The number of carbonyl (C=O) groups is 2. The first kappa shape index (κ1) is 45.6. The number of phosphoric ester groups is 1. The van der Waals surface area contributed by atoms with Crippen molar-refractivity contribution in [3.63, 3.8) is 0 Å². The Kier molecular flexibility index (Phi) is 28.1. The number of esters is 2. The fourth-order valence-corrected chi connectivity index (χ4v) is 4.70. The highest BCUT2D eigenvalue weighted by molar-refractivity contribution is 7.46. The minimum Gasteiger partial charge on any atom is -0.462 e. The number of carbonyl (C=O) groups excluding carboxylic acids is 2. The standard InChI is InChI=1S/C36H61O11P/c1-4-6-15-22-31(37)23-17-12-8-9-13-18-24-33(38)34(39)25-20-27-36(41)47-32(29-46-48(42,43)44)28-45-35(40)26-19-14-10-7-11-16-21-30(3)5-2/h6,8-9,12-13,15,17-18,23-24,30-34,37-39H,4-5,7,10-11,14,16,19-22,25-29H2,1-3H3,(H2,42,43,44)/b12-8+,13-9-,15-6-,23-17+,24-18-/t30?,31-,32+,33+,34+/m0/s1. The largest absolute Gasteiger partial charge is 0.469 e. The molecule has 48 heavy (non-hydrogen) atoms. The van der Waals surface area contributed by atoms with Crippen LogP contribution in [-0.2, 0) is 28.2 Å². The molecule has 1 unspecified atom stereocenters. The summed E-state index contributed by atoms with van der Waals surface area (Å²) in [7, 11) is -4.85. The summed E-state index contributed by atoms with van der Waals surface area (Å²) in [6, 6.07) is 0. The van der Waals surface area contributed by atoms with Crippen LogP contribution >= 0.6 is 7.82 Å². The zero-order chi connectivity index (χ0) is 36.0. The second kappa shape index (κ2) is 29.5. The molecule has 0 saturated carbocycles. The fraction of sp³-hybridized carbons (Fsp3) is 0.667. The smallest absolute Gasteiger partial charge is 0.462 e. The highest BCUT2D eigenvalue weighted by Crippen LogP contribution is 2.36. The molecule has 0 aromatic rings. The first-order valence-corrected chi connectivity index (χ1v) is 18.8. The van der Waals surface area contributed by atoms with Crippen molar-refractivity contribution < 1.29 is 53.3 Å². The molecular formula is C36H61O11P. The molecule has 0 aromatic carbocycles. The van der Waals surface area contributed by atoms with Gasteiger partial charge in [0, 0.05) is 12.8 Å². The van der Waals surface area contributed by atoms with E-state index in [0.29, 0.717) is 12.8 Å². The van der Waals surface area contributed by atoms with Crippen LogP contribution in [0.1, 0.15) is 111 Å². The predicted octanol–water partition coefficient (Wildman–Crippen LogP) is 6.55. The van der Waals surface area contributed by atoms with E-state index in [4.69, 9.17) is 19.3 Å². The quantitative estimate of drug-likeness (QED) is 0.0188. The number of ether oxygens (including phenoxy) is 2. The van der Waals surface area contributed by atoms with E-state index in [2.05, 4.69) is 18.4 Å². The average Bonchev–Trinajstić information content (AvgIpc) is 3.04. The van der Waals surface area contributed by atoms with Gasteiger partial charge >= 0.3 is 19.8 Å². The third-order valence-electron chi connectivity index (χ3n) is 7.43. The van der Waals surface area contributed by atoms with Gasteiger partial charge in [0.05, 0.1) is 24.9 Å². The van der Waals surface area contributed by atoms with Crippen molar-refractivity contribution in [3.8, 4) is 0 Å². The van der Waals surface area contributed by atoms with E-state index in [9.17, 15) is 29.5 Å². The van der Waals surface area contributed by atoms with Gasteiger partial charge in [-0.05, 0) is 38.0 Å². The van der Waals surface area contributed by atoms with Gasteiger partial charge in [0.25, 0.3) is 0 Å². The van der Waals surface area contributed by atoms with E-state index in [1.165, 1.54) is 31.8 Å². The highest BCUT2D eigenvalue weighted by atomic mass is 31.2. The van der Waals surface area contributed by atoms with Crippen LogP contribution in [0.5, 0.6) is 0 Å². The normalized spacial score (nSPS) is 15.9. The van der Waals surface area contributed by atoms with Crippen molar-refractivity contribution in [3.05, 3.63) is 60.8 Å². The molecule has 12 heteroatoms. The number of hydrogen-bond donors (Lipinski definition) is 5. The monoisotopic (exact) mass is 700 g/mol. The molecule has 5 atom stereocenters. The van der Waals surface area contributed by atoms with E-state index in [-0.39, 0.29) is 25.7 Å². The molecule has 0 bridgehead atoms. The van der Waals surface area contributed by atoms with Crippen molar-refractivity contribution in [2.45, 2.75) is 135 Å². The lowest BCUT2D eigenvalue weighted by molar-refractivity contribution is -0.161. The summed E-state index contributed by atoms with van der Waals surface area (Å²) < 4.78 is 26.0. The molecule has 0 rings (SSSR count). The van der Waals surface area contributed by atoms with Crippen LogP contribution in [0.25, 0.3) is 0 Å². The van der Waals surface area contributed by atoms with Crippen molar-refractivity contribution in [1.82, 2.24) is 0 Å². The summed E-state index contributed by atoms with van der Waals surface area (Å²) >= 11 is 0. The van der Waals surface area contributed by atoms with Crippen molar-refractivity contribution in [1.29, 1.82) is 0 Å². The van der Waals surface area contributed by atoms with Gasteiger partial charge in [0.2, 0.25) is 0 Å². The molecule has 0 aromatic heterocycles. The lowest BCUT2D eigenvalue weighted by Crippen LogP contribution is -2.29. The van der Waals surface area contributed by atoms with Gasteiger partial charge in [-0.25, -0.2) is 4.57 Å². The summed E-state index contributed by atoms with van der Waals surface area (Å²) in [5.74, 6) is -0.473. The zero-order valence-corrected chi connectivity index (χ0v) is 30.0. The average molecular weight is 701 g/mol. The number of rotatable bonds is 29. The Morgan fingerprint density at radius 3 is 1.98 bits per heavy atom. The van der Waals surface area contributed by atoms with E-state index >= 15 is 0 Å². The molecule has 0 saturated heterocycles. The van der Waals surface area contributed by atoms with Gasteiger partial charge < -0.3 is 34.6 Å². The van der Waals surface area contributed by atoms with Gasteiger partial charge in [-0.2, -0.15) is 0 Å². The van der Waals surface area contributed by atoms with Crippen molar-refractivity contribution in [2.75, 3.05) is 13.2 Å². The van der Waals surface area contributed by atoms with Gasteiger partial charge in [0.1, 0.15) is 6.61 Å². The first-order chi connectivity index (χ1) is 22.9. The summed E-state index contributed by atoms with van der Waals surface area (Å²) in [5, 5.41) is 30.2. The first-order valence-electron chi connectivity index (χ1n) is 17.3. The van der Waals surface area contributed by atoms with Gasteiger partial charge in [-0.15, -0.1) is 0 Å². The van der Waals surface area contributed by atoms with Crippen LogP contribution in [0.2, 0.25) is 0 Å². The van der Waals surface area contributed by atoms with Gasteiger partial charge in [0.15, 0.2) is 6.10 Å². The molecule has 0 aliphatic heterocycles. The van der Waals surface area contributed by atoms with E-state index in [1.54, 1.807) is 42.5 Å². The Labute approximate surface area is 287 Å². The molecule has 0 heterocycles. The Morgan fingerprint density at radius 2 is 1.33 bits per heavy atom. The molecule has 0 radical (unpaired) electrons. The number of aliphatic hydroxyl groups is 3. The maximum absolute atomic E-state index is 12.4. The number of unbranched alkanes of at least 4 members (excludes halogenated alkanes) is 5. The second-order valence-electron chi connectivity index (χ2n) is 11.9. The van der Waals surface area contributed by atoms with E-state index < -0.39 is 57.4 Å². The summed E-state index contributed by atoms with van der Waals surface area (Å²) in [4.78, 5) is 42.6. The van der Waals surface area contributed by atoms with Crippen LogP contribution < -0.4 is 0 Å². The third kappa shape index (κ3) is 29.7. The topological polar surface area (TPSA) is 180 Å². The molecular weight excluding hydrogens is 639 g/mol. The zero-order valence-electron chi connectivity index (χ0n) is 29.1. The fourth-order valence-electron chi connectivity index (χ4n) is 4.34. The van der Waals surface area contributed by atoms with Crippen molar-refractivity contribution >= 4 is 19.8 Å². The maximum Gasteiger partial charge on any atom is 0.469 e. The minimum atomic E-state index is -4.85. The van der Waals surface area contributed by atoms with Crippen LogP contribution in [0.4, 0.5) is 0 Å². The maximum atomic E-state index is 12.4. The summed E-state index contributed by atoms with van der Waals surface area (Å²) in [5.41, 5.74) is 0. The van der Waals surface area contributed by atoms with Gasteiger partial charge in [-0.1, -0.05) is 126 Å². The van der Waals surface area contributed by atoms with Crippen LogP contribution in [0, 0.1) is 5.92 Å². The Bertz CT molecular complexity index is 1030. The molecule has 276 valence electrons. The molecule has 0 spiro atoms. The second-order valence-corrected chi connectivity index (χ2v) is 13.2. The van der Waals surface area contributed by atoms with Gasteiger partial charge in [-0.3, -0.25) is 14.1 Å². The molecule has 0 fully saturated rings. The summed E-state index contributed by atoms with van der Waals surface area (Å²) in [6.07, 6.45) is 23.5. The molecule has 5 N–H and O–H groups in total.